The Kier molecular flexibility index (Phi) is 10.2. The molecule has 0 bridgehead atoms. The lowest BCUT2D eigenvalue weighted by Gasteiger charge is -2.30. The maximum absolute atomic E-state index is 13.2. The van der Waals surface area contributed by atoms with Crippen molar-refractivity contribution in [2.45, 2.75) is 55.4 Å². The minimum atomic E-state index is -4.56. The van der Waals surface area contributed by atoms with Crippen molar-refractivity contribution in [2.75, 3.05) is 6.54 Å². The van der Waals surface area contributed by atoms with Crippen molar-refractivity contribution in [3.05, 3.63) is 102 Å². The van der Waals surface area contributed by atoms with E-state index in [0.29, 0.717) is 25.7 Å². The van der Waals surface area contributed by atoms with Crippen LogP contribution in [0.4, 0.5) is 18.0 Å². The smallest absolute Gasteiger partial charge is 0.416 e. The average molecular weight is 604 g/mol. The number of carbonyl (C=O) groups excluding carboxylic acids is 2. The third kappa shape index (κ3) is 8.80. The number of sulfonamides is 1. The third-order valence-electron chi connectivity index (χ3n) is 7.09. The van der Waals surface area contributed by atoms with Gasteiger partial charge in [-0.2, -0.15) is 13.2 Å². The van der Waals surface area contributed by atoms with Crippen molar-refractivity contribution < 1.29 is 35.9 Å². The molecule has 0 aliphatic heterocycles. The molecule has 3 aromatic carbocycles. The van der Waals surface area contributed by atoms with E-state index >= 15 is 0 Å². The molecule has 1 fully saturated rings. The molecule has 2 amide bonds. The van der Waals surface area contributed by atoms with E-state index in [1.54, 1.807) is 0 Å². The first kappa shape index (κ1) is 31.0. The molecule has 0 saturated heterocycles. The first-order valence-electron chi connectivity index (χ1n) is 13.5. The van der Waals surface area contributed by atoms with E-state index in [9.17, 15) is 31.2 Å². The average Bonchev–Trinajstić information content (AvgIpc) is 2.99. The predicted octanol–water partition coefficient (Wildman–Crippen LogP) is 5.33. The van der Waals surface area contributed by atoms with Crippen LogP contribution in [-0.4, -0.2) is 33.0 Å². The van der Waals surface area contributed by atoms with Gasteiger partial charge in [-0.3, -0.25) is 4.79 Å². The number of benzene rings is 3. The zero-order chi connectivity index (χ0) is 30.2. The molecule has 1 unspecified atom stereocenters. The SMILES string of the molecule is O=C(NCC(NC(=O)C1CCC(NS(=O)(=O)c2ccc(C(F)(F)F)cc2)CC1)c1ccccc1)OCc1ccccc1. The van der Waals surface area contributed by atoms with E-state index in [1.165, 1.54) is 0 Å². The Hall–Kier alpha value is -3.90. The summed E-state index contributed by atoms with van der Waals surface area (Å²) in [6.07, 6.45) is -3.57. The highest BCUT2D eigenvalue weighted by atomic mass is 32.2. The number of carbonyl (C=O) groups is 2. The minimum Gasteiger partial charge on any atom is -0.445 e. The number of rotatable bonds is 10. The lowest BCUT2D eigenvalue weighted by Crippen LogP contribution is -2.43. The second-order valence-electron chi connectivity index (χ2n) is 10.1. The Labute approximate surface area is 242 Å². The van der Waals surface area contributed by atoms with Crippen molar-refractivity contribution in [3.8, 4) is 0 Å². The van der Waals surface area contributed by atoms with E-state index in [4.69, 9.17) is 4.74 Å². The summed E-state index contributed by atoms with van der Waals surface area (Å²) in [6, 6.07) is 20.8. The number of alkyl halides is 3. The van der Waals surface area contributed by atoms with Crippen molar-refractivity contribution in [2.24, 2.45) is 5.92 Å². The van der Waals surface area contributed by atoms with Gasteiger partial charge in [0.1, 0.15) is 6.61 Å². The molecule has 8 nitrogen and oxygen atoms in total. The van der Waals surface area contributed by atoms with Crippen LogP contribution in [0.2, 0.25) is 0 Å². The molecule has 1 aliphatic carbocycles. The quantitative estimate of drug-likeness (QED) is 0.290. The maximum Gasteiger partial charge on any atom is 0.416 e. The molecular formula is C30H32F3N3O5S. The molecule has 3 aromatic rings. The Morgan fingerprint density at radius 3 is 2.05 bits per heavy atom. The molecule has 0 heterocycles. The molecule has 224 valence electrons. The van der Waals surface area contributed by atoms with Crippen LogP contribution in [0.25, 0.3) is 0 Å². The van der Waals surface area contributed by atoms with E-state index in [1.807, 2.05) is 60.7 Å². The van der Waals surface area contributed by atoms with Crippen LogP contribution in [0.3, 0.4) is 0 Å². The molecule has 42 heavy (non-hydrogen) atoms. The monoisotopic (exact) mass is 603 g/mol. The fourth-order valence-electron chi connectivity index (χ4n) is 4.77. The van der Waals surface area contributed by atoms with Gasteiger partial charge >= 0.3 is 12.3 Å². The summed E-state index contributed by atoms with van der Waals surface area (Å²) in [7, 11) is -4.02. The van der Waals surface area contributed by atoms with E-state index < -0.39 is 39.9 Å². The third-order valence-corrected chi connectivity index (χ3v) is 8.63. The van der Waals surface area contributed by atoms with Crippen molar-refractivity contribution in [3.63, 3.8) is 0 Å². The zero-order valence-corrected chi connectivity index (χ0v) is 23.5. The molecule has 1 saturated carbocycles. The van der Waals surface area contributed by atoms with Gasteiger partial charge < -0.3 is 15.4 Å². The first-order valence-corrected chi connectivity index (χ1v) is 15.0. The van der Waals surface area contributed by atoms with Gasteiger partial charge in [-0.25, -0.2) is 17.9 Å². The minimum absolute atomic E-state index is 0.103. The number of halogens is 3. The topological polar surface area (TPSA) is 114 Å². The molecule has 0 aromatic heterocycles. The van der Waals surface area contributed by atoms with Crippen LogP contribution >= 0.6 is 0 Å². The Bertz CT molecular complexity index is 1430. The summed E-state index contributed by atoms with van der Waals surface area (Å²) in [5.41, 5.74) is 0.714. The summed E-state index contributed by atoms with van der Waals surface area (Å²) >= 11 is 0. The van der Waals surface area contributed by atoms with Gasteiger partial charge in [-0.15, -0.1) is 0 Å². The number of hydrogen-bond donors (Lipinski definition) is 3. The van der Waals surface area contributed by atoms with Gasteiger partial charge in [0.05, 0.1) is 16.5 Å². The molecule has 1 aliphatic rings. The summed E-state index contributed by atoms with van der Waals surface area (Å²) in [5, 5.41) is 5.70. The van der Waals surface area contributed by atoms with Crippen molar-refractivity contribution in [1.29, 1.82) is 0 Å². The molecular weight excluding hydrogens is 571 g/mol. The van der Waals surface area contributed by atoms with E-state index in [2.05, 4.69) is 15.4 Å². The van der Waals surface area contributed by atoms with Crippen LogP contribution < -0.4 is 15.4 Å². The summed E-state index contributed by atoms with van der Waals surface area (Å²) in [5.74, 6) is -0.583. The van der Waals surface area contributed by atoms with Crippen LogP contribution in [0, 0.1) is 5.92 Å². The van der Waals surface area contributed by atoms with Gasteiger partial charge in [-0.1, -0.05) is 60.7 Å². The van der Waals surface area contributed by atoms with Crippen LogP contribution in [0.15, 0.2) is 89.8 Å². The molecule has 0 radical (unpaired) electrons. The van der Waals surface area contributed by atoms with Gasteiger partial charge in [-0.05, 0) is 61.1 Å². The largest absolute Gasteiger partial charge is 0.445 e. The maximum atomic E-state index is 13.2. The van der Waals surface area contributed by atoms with Gasteiger partial charge in [0.2, 0.25) is 15.9 Å². The number of alkyl carbamates (subject to hydrolysis) is 1. The number of ether oxygens (including phenoxy) is 1. The fourth-order valence-corrected chi connectivity index (χ4v) is 6.08. The predicted molar refractivity (Wildman–Crippen MR) is 149 cm³/mol. The molecule has 0 spiro atoms. The van der Waals surface area contributed by atoms with Crippen LogP contribution in [0.5, 0.6) is 0 Å². The van der Waals surface area contributed by atoms with Gasteiger partial charge in [0.25, 0.3) is 0 Å². The lowest BCUT2D eigenvalue weighted by molar-refractivity contribution is -0.137. The number of nitrogens with one attached hydrogen (secondary N) is 3. The highest BCUT2D eigenvalue weighted by Gasteiger charge is 2.32. The zero-order valence-electron chi connectivity index (χ0n) is 22.6. The number of hydrogen-bond acceptors (Lipinski definition) is 5. The summed E-state index contributed by atoms with van der Waals surface area (Å²) in [6.45, 7) is 0.215. The van der Waals surface area contributed by atoms with Crippen LogP contribution in [-0.2, 0) is 32.3 Å². The second kappa shape index (κ2) is 13.8. The van der Waals surface area contributed by atoms with E-state index in [0.717, 1.165) is 35.4 Å². The fraction of sp³-hybridized carbons (Fsp3) is 0.333. The van der Waals surface area contributed by atoms with E-state index in [-0.39, 0.29) is 29.9 Å². The molecule has 4 rings (SSSR count). The molecule has 1 atom stereocenters. The summed E-state index contributed by atoms with van der Waals surface area (Å²) in [4.78, 5) is 25.2. The van der Waals surface area contributed by atoms with Gasteiger partial charge in [0, 0.05) is 18.5 Å². The summed E-state index contributed by atoms with van der Waals surface area (Å²) < 4.78 is 71.7. The highest BCUT2D eigenvalue weighted by Crippen LogP contribution is 2.30. The van der Waals surface area contributed by atoms with Crippen molar-refractivity contribution >= 4 is 22.0 Å². The van der Waals surface area contributed by atoms with Crippen LogP contribution in [0.1, 0.15) is 48.4 Å². The molecule has 3 N–H and O–H groups in total. The number of amides is 2. The normalized spacial score (nSPS) is 18.1. The Balaban J connectivity index is 1.29. The lowest BCUT2D eigenvalue weighted by atomic mass is 9.85. The Morgan fingerprint density at radius 1 is 0.857 bits per heavy atom. The highest BCUT2D eigenvalue weighted by molar-refractivity contribution is 7.89. The Morgan fingerprint density at radius 2 is 1.45 bits per heavy atom. The molecule has 12 heteroatoms. The van der Waals surface area contributed by atoms with Gasteiger partial charge in [0.15, 0.2) is 0 Å². The second-order valence-corrected chi connectivity index (χ2v) is 11.8. The first-order chi connectivity index (χ1) is 20.0. The standard InChI is InChI=1S/C30H32F3N3O5S/c31-30(32,33)24-13-17-26(18-14-24)42(39,40)36-25-15-11-23(12-16-25)28(37)35-27(22-9-5-2-6-10-22)19-34-29(38)41-20-21-7-3-1-4-8-21/h1-10,13-14,17-18,23,25,27,36H,11-12,15-16,19-20H2,(H,34,38)(H,35,37). The van der Waals surface area contributed by atoms with Crippen molar-refractivity contribution in [1.82, 2.24) is 15.4 Å².